The van der Waals surface area contributed by atoms with Crippen molar-refractivity contribution in [2.24, 2.45) is 0 Å². The van der Waals surface area contributed by atoms with Gasteiger partial charge in [-0.3, -0.25) is 4.98 Å². The molecule has 0 amide bonds. The van der Waals surface area contributed by atoms with E-state index >= 15 is 0 Å². The van der Waals surface area contributed by atoms with E-state index in [0.29, 0.717) is 0 Å². The lowest BCUT2D eigenvalue weighted by Gasteiger charge is -2.08. The van der Waals surface area contributed by atoms with Crippen molar-refractivity contribution in [2.45, 2.75) is 20.8 Å². The van der Waals surface area contributed by atoms with Crippen molar-refractivity contribution in [3.63, 3.8) is 0 Å². The average Bonchev–Trinajstić information content (AvgIpc) is 2.04. The van der Waals surface area contributed by atoms with Crippen molar-refractivity contribution in [3.05, 3.63) is 47.8 Å². The topological polar surface area (TPSA) is 12.9 Å². The molecule has 0 radical (unpaired) electrons. The maximum atomic E-state index is 4.10. The van der Waals surface area contributed by atoms with E-state index in [1.807, 2.05) is 19.2 Å². The Bertz CT molecular complexity index is 329. The van der Waals surface area contributed by atoms with Crippen LogP contribution < -0.4 is 0 Å². The van der Waals surface area contributed by atoms with Gasteiger partial charge in [-0.1, -0.05) is 23.8 Å². The molecule has 0 aromatic carbocycles. The second kappa shape index (κ2) is 4.04. The first-order valence-corrected chi connectivity index (χ1v) is 4.36. The number of hydrogen-bond acceptors (Lipinski definition) is 1. The Balaban J connectivity index is 3.20. The largest absolute Gasteiger partial charge is 0.264 e. The van der Waals surface area contributed by atoms with Crippen LogP contribution in [0, 0.1) is 0 Å². The zero-order chi connectivity index (χ0) is 9.84. The molecular weight excluding hydrogens is 158 g/mol. The fraction of sp³-hybridized carbons (Fsp3) is 0.250. The van der Waals surface area contributed by atoms with E-state index < -0.39 is 0 Å². The minimum absolute atomic E-state index is 1.09. The number of hydrogen-bond donors (Lipinski definition) is 0. The third kappa shape index (κ3) is 2.28. The predicted octanol–water partition coefficient (Wildman–Crippen LogP) is 3.45. The Labute approximate surface area is 79.8 Å². The van der Waals surface area contributed by atoms with Crippen molar-refractivity contribution in [1.29, 1.82) is 0 Å². The molecule has 0 aliphatic heterocycles. The van der Waals surface area contributed by atoms with Crippen molar-refractivity contribution in [2.75, 3.05) is 0 Å². The molecule has 0 aliphatic carbocycles. The standard InChI is InChI=1S/C12H15N/c1-9(2)12(10(3)4)11-6-5-7-13-8-11/h5-8H,1H2,2-4H3. The van der Waals surface area contributed by atoms with E-state index in [-0.39, 0.29) is 0 Å². The molecule has 1 aromatic heterocycles. The van der Waals surface area contributed by atoms with E-state index in [9.17, 15) is 0 Å². The molecule has 0 aliphatic rings. The van der Waals surface area contributed by atoms with Crippen LogP contribution in [0.25, 0.3) is 5.57 Å². The molecule has 0 bridgehead atoms. The Morgan fingerprint density at radius 1 is 1.31 bits per heavy atom. The van der Waals surface area contributed by atoms with E-state index in [4.69, 9.17) is 0 Å². The normalized spacial score (nSPS) is 9.46. The third-order valence-electron chi connectivity index (χ3n) is 1.88. The number of allylic oxidation sites excluding steroid dienone is 3. The van der Waals surface area contributed by atoms with Crippen molar-refractivity contribution in [3.8, 4) is 0 Å². The van der Waals surface area contributed by atoms with Crippen LogP contribution in [-0.2, 0) is 0 Å². The number of rotatable bonds is 2. The van der Waals surface area contributed by atoms with Gasteiger partial charge in [0.25, 0.3) is 0 Å². The first kappa shape index (κ1) is 9.72. The smallest absolute Gasteiger partial charge is 0.0346 e. The molecule has 68 valence electrons. The molecule has 0 saturated heterocycles. The molecule has 0 saturated carbocycles. The molecule has 1 rings (SSSR count). The van der Waals surface area contributed by atoms with Gasteiger partial charge >= 0.3 is 0 Å². The second-order valence-corrected chi connectivity index (χ2v) is 3.40. The van der Waals surface area contributed by atoms with E-state index in [1.165, 1.54) is 11.1 Å². The highest BCUT2D eigenvalue weighted by molar-refractivity contribution is 5.79. The highest BCUT2D eigenvalue weighted by Crippen LogP contribution is 2.23. The van der Waals surface area contributed by atoms with Gasteiger partial charge in [-0.25, -0.2) is 0 Å². The number of aromatic nitrogens is 1. The van der Waals surface area contributed by atoms with Crippen LogP contribution in [0.3, 0.4) is 0 Å². The van der Waals surface area contributed by atoms with Crippen LogP contribution in [0.2, 0.25) is 0 Å². The molecule has 0 N–H and O–H groups in total. The number of nitrogens with zero attached hydrogens (tertiary/aromatic N) is 1. The van der Waals surface area contributed by atoms with E-state index in [1.54, 1.807) is 6.20 Å². The monoisotopic (exact) mass is 173 g/mol. The first-order chi connectivity index (χ1) is 6.13. The van der Waals surface area contributed by atoms with Gasteiger partial charge in [-0.2, -0.15) is 0 Å². The van der Waals surface area contributed by atoms with Crippen LogP contribution in [0.1, 0.15) is 26.3 Å². The van der Waals surface area contributed by atoms with Crippen LogP contribution >= 0.6 is 0 Å². The summed E-state index contributed by atoms with van der Waals surface area (Å²) in [5.41, 5.74) is 4.73. The molecule has 13 heavy (non-hydrogen) atoms. The van der Waals surface area contributed by atoms with Gasteiger partial charge in [0, 0.05) is 18.0 Å². The van der Waals surface area contributed by atoms with Crippen LogP contribution in [0.4, 0.5) is 0 Å². The fourth-order valence-electron chi connectivity index (χ4n) is 1.47. The van der Waals surface area contributed by atoms with E-state index in [2.05, 4.69) is 31.5 Å². The van der Waals surface area contributed by atoms with Gasteiger partial charge < -0.3 is 0 Å². The quantitative estimate of drug-likeness (QED) is 0.624. The zero-order valence-corrected chi connectivity index (χ0v) is 8.46. The second-order valence-electron chi connectivity index (χ2n) is 3.40. The van der Waals surface area contributed by atoms with Crippen molar-refractivity contribution in [1.82, 2.24) is 4.98 Å². The third-order valence-corrected chi connectivity index (χ3v) is 1.88. The fourth-order valence-corrected chi connectivity index (χ4v) is 1.47. The lowest BCUT2D eigenvalue weighted by atomic mass is 9.97. The summed E-state index contributed by atoms with van der Waals surface area (Å²) >= 11 is 0. The summed E-state index contributed by atoms with van der Waals surface area (Å²) in [6, 6.07) is 4.01. The summed E-state index contributed by atoms with van der Waals surface area (Å²) in [7, 11) is 0. The summed E-state index contributed by atoms with van der Waals surface area (Å²) in [6.07, 6.45) is 3.65. The lowest BCUT2D eigenvalue weighted by Crippen LogP contribution is -1.88. The Hall–Kier alpha value is -1.37. The van der Waals surface area contributed by atoms with Gasteiger partial charge in [0.1, 0.15) is 0 Å². The predicted molar refractivity (Wildman–Crippen MR) is 57.3 cm³/mol. The van der Waals surface area contributed by atoms with Gasteiger partial charge in [0.05, 0.1) is 0 Å². The van der Waals surface area contributed by atoms with Crippen LogP contribution in [0.5, 0.6) is 0 Å². The Morgan fingerprint density at radius 2 is 2.00 bits per heavy atom. The van der Waals surface area contributed by atoms with Crippen molar-refractivity contribution < 1.29 is 0 Å². The van der Waals surface area contributed by atoms with Crippen LogP contribution in [0.15, 0.2) is 42.3 Å². The average molecular weight is 173 g/mol. The van der Waals surface area contributed by atoms with Crippen LogP contribution in [-0.4, -0.2) is 4.98 Å². The summed E-state index contributed by atoms with van der Waals surface area (Å²) in [4.78, 5) is 4.10. The van der Waals surface area contributed by atoms with E-state index in [0.717, 1.165) is 11.1 Å². The highest BCUT2D eigenvalue weighted by atomic mass is 14.6. The zero-order valence-electron chi connectivity index (χ0n) is 8.46. The lowest BCUT2D eigenvalue weighted by molar-refractivity contribution is 1.28. The Morgan fingerprint density at radius 3 is 2.38 bits per heavy atom. The molecule has 0 fully saturated rings. The maximum absolute atomic E-state index is 4.10. The Kier molecular flexibility index (Phi) is 3.02. The minimum Gasteiger partial charge on any atom is -0.264 e. The van der Waals surface area contributed by atoms with Gasteiger partial charge in [-0.05, 0) is 32.4 Å². The molecule has 1 nitrogen and oxygen atoms in total. The maximum Gasteiger partial charge on any atom is 0.0346 e. The van der Waals surface area contributed by atoms with Gasteiger partial charge in [0.15, 0.2) is 0 Å². The molecular formula is C12H15N. The highest BCUT2D eigenvalue weighted by Gasteiger charge is 2.03. The SMILES string of the molecule is C=C(C)C(=C(C)C)c1cccnc1. The molecule has 0 unspecified atom stereocenters. The molecule has 1 aromatic rings. The van der Waals surface area contributed by atoms with Gasteiger partial charge in [0.2, 0.25) is 0 Å². The number of pyridine rings is 1. The van der Waals surface area contributed by atoms with Crippen molar-refractivity contribution >= 4 is 5.57 Å². The molecule has 0 spiro atoms. The summed E-state index contributed by atoms with van der Waals surface area (Å²) in [5.74, 6) is 0. The molecule has 1 heteroatoms. The van der Waals surface area contributed by atoms with Gasteiger partial charge in [-0.15, -0.1) is 0 Å². The molecule has 0 atom stereocenters. The summed E-state index contributed by atoms with van der Waals surface area (Å²) in [6.45, 7) is 10.2. The first-order valence-electron chi connectivity index (χ1n) is 4.36. The molecule has 1 heterocycles. The summed E-state index contributed by atoms with van der Waals surface area (Å²) < 4.78 is 0. The summed E-state index contributed by atoms with van der Waals surface area (Å²) in [5, 5.41) is 0. The minimum atomic E-state index is 1.09.